The summed E-state index contributed by atoms with van der Waals surface area (Å²) < 4.78 is 0. The molecule has 0 aromatic carbocycles. The standard InChI is InChI=1S/C11H13Cl2N3O2/c1-6(5-17)16(11(18)7(2)14)8-3-4-9(12)15-10(8)13/h3-7H,14H2,1-2H3/t6?,7-/m1/s1. The van der Waals surface area contributed by atoms with Gasteiger partial charge in [-0.2, -0.15) is 0 Å². The van der Waals surface area contributed by atoms with Gasteiger partial charge in [0.15, 0.2) is 5.15 Å². The van der Waals surface area contributed by atoms with Gasteiger partial charge in [-0.15, -0.1) is 0 Å². The molecule has 98 valence electrons. The molecule has 2 N–H and O–H groups in total. The number of aldehydes is 1. The van der Waals surface area contributed by atoms with Crippen molar-refractivity contribution in [2.45, 2.75) is 25.9 Å². The van der Waals surface area contributed by atoms with E-state index in [0.717, 1.165) is 0 Å². The molecule has 0 radical (unpaired) electrons. The number of rotatable bonds is 4. The van der Waals surface area contributed by atoms with Crippen LogP contribution in [0.3, 0.4) is 0 Å². The third kappa shape index (κ3) is 3.19. The van der Waals surface area contributed by atoms with Gasteiger partial charge in [-0.25, -0.2) is 4.98 Å². The summed E-state index contributed by atoms with van der Waals surface area (Å²) >= 11 is 11.6. The van der Waals surface area contributed by atoms with E-state index in [1.54, 1.807) is 6.92 Å². The first-order valence-corrected chi connectivity index (χ1v) is 6.00. The lowest BCUT2D eigenvalue weighted by atomic mass is 10.2. The topological polar surface area (TPSA) is 76.3 Å². The van der Waals surface area contributed by atoms with Gasteiger partial charge in [0.2, 0.25) is 5.91 Å². The van der Waals surface area contributed by atoms with Crippen LogP contribution in [0, 0.1) is 0 Å². The van der Waals surface area contributed by atoms with Gasteiger partial charge in [0.05, 0.1) is 17.8 Å². The van der Waals surface area contributed by atoms with Crippen molar-refractivity contribution < 1.29 is 9.59 Å². The number of carbonyl (C=O) groups excluding carboxylic acids is 2. The normalized spacial score (nSPS) is 13.8. The summed E-state index contributed by atoms with van der Waals surface area (Å²) in [6.07, 6.45) is 0.630. The first kappa shape index (κ1) is 14.9. The van der Waals surface area contributed by atoms with Gasteiger partial charge < -0.3 is 10.5 Å². The lowest BCUT2D eigenvalue weighted by molar-refractivity contribution is -0.121. The van der Waals surface area contributed by atoms with Crippen LogP contribution in [0.2, 0.25) is 10.3 Å². The molecule has 0 aliphatic heterocycles. The fraction of sp³-hybridized carbons (Fsp3) is 0.364. The number of nitrogens with zero attached hydrogens (tertiary/aromatic N) is 2. The Balaban J connectivity index is 3.25. The molecule has 0 fully saturated rings. The molecule has 7 heteroatoms. The Hall–Kier alpha value is -1.17. The SMILES string of the molecule is CC(C=O)N(C(=O)[C@@H](C)N)c1ccc(Cl)nc1Cl. The van der Waals surface area contributed by atoms with E-state index in [9.17, 15) is 9.59 Å². The minimum atomic E-state index is -0.751. The van der Waals surface area contributed by atoms with Gasteiger partial charge in [0, 0.05) is 0 Å². The first-order chi connectivity index (χ1) is 8.38. The molecule has 1 aromatic heterocycles. The summed E-state index contributed by atoms with van der Waals surface area (Å²) in [6, 6.07) is 1.57. The van der Waals surface area contributed by atoms with E-state index < -0.39 is 18.0 Å². The number of aromatic nitrogens is 1. The van der Waals surface area contributed by atoms with Crippen LogP contribution >= 0.6 is 23.2 Å². The second kappa shape index (κ2) is 6.13. The largest absolute Gasteiger partial charge is 0.320 e. The molecule has 1 rings (SSSR count). The van der Waals surface area contributed by atoms with Crippen molar-refractivity contribution >= 4 is 41.1 Å². The van der Waals surface area contributed by atoms with Crippen molar-refractivity contribution in [2.24, 2.45) is 5.73 Å². The molecule has 1 amide bonds. The molecule has 18 heavy (non-hydrogen) atoms. The molecule has 0 saturated heterocycles. The van der Waals surface area contributed by atoms with E-state index in [1.807, 2.05) is 0 Å². The molecule has 0 saturated carbocycles. The highest BCUT2D eigenvalue weighted by Gasteiger charge is 2.26. The Morgan fingerprint density at radius 1 is 1.44 bits per heavy atom. The van der Waals surface area contributed by atoms with Crippen molar-refractivity contribution in [3.8, 4) is 0 Å². The van der Waals surface area contributed by atoms with E-state index in [4.69, 9.17) is 28.9 Å². The molecule has 1 heterocycles. The van der Waals surface area contributed by atoms with E-state index in [1.165, 1.54) is 24.0 Å². The van der Waals surface area contributed by atoms with Crippen LogP contribution < -0.4 is 10.6 Å². The zero-order valence-corrected chi connectivity index (χ0v) is 11.4. The molecule has 0 aliphatic carbocycles. The number of amides is 1. The third-order valence-corrected chi connectivity index (χ3v) is 2.77. The molecular weight excluding hydrogens is 277 g/mol. The third-order valence-electron chi connectivity index (χ3n) is 2.29. The number of anilines is 1. The Morgan fingerprint density at radius 2 is 2.06 bits per heavy atom. The van der Waals surface area contributed by atoms with E-state index in [-0.39, 0.29) is 10.3 Å². The maximum absolute atomic E-state index is 12.0. The second-order valence-corrected chi connectivity index (χ2v) is 4.56. The van der Waals surface area contributed by atoms with Gasteiger partial charge in [-0.3, -0.25) is 9.69 Å². The predicted molar refractivity (Wildman–Crippen MR) is 70.9 cm³/mol. The average molecular weight is 290 g/mol. The van der Waals surface area contributed by atoms with Crippen molar-refractivity contribution in [3.63, 3.8) is 0 Å². The van der Waals surface area contributed by atoms with Crippen LogP contribution in [0.4, 0.5) is 5.69 Å². The lowest BCUT2D eigenvalue weighted by Crippen LogP contribution is -2.47. The maximum atomic E-state index is 12.0. The van der Waals surface area contributed by atoms with E-state index >= 15 is 0 Å². The Labute approximate surface area is 115 Å². The maximum Gasteiger partial charge on any atom is 0.244 e. The quantitative estimate of drug-likeness (QED) is 0.675. The fourth-order valence-corrected chi connectivity index (χ4v) is 1.84. The van der Waals surface area contributed by atoms with Gasteiger partial charge in [-0.05, 0) is 26.0 Å². The molecule has 0 bridgehead atoms. The van der Waals surface area contributed by atoms with Gasteiger partial charge >= 0.3 is 0 Å². The van der Waals surface area contributed by atoms with Crippen LogP contribution in [0.1, 0.15) is 13.8 Å². The smallest absolute Gasteiger partial charge is 0.244 e. The highest BCUT2D eigenvalue weighted by molar-refractivity contribution is 6.34. The fourth-order valence-electron chi connectivity index (χ4n) is 1.40. The molecule has 0 spiro atoms. The number of halogens is 2. The van der Waals surface area contributed by atoms with Crippen LogP contribution in [-0.2, 0) is 9.59 Å². The lowest BCUT2D eigenvalue weighted by Gasteiger charge is -2.27. The minimum absolute atomic E-state index is 0.0465. The van der Waals surface area contributed by atoms with Crippen molar-refractivity contribution in [1.29, 1.82) is 0 Å². The summed E-state index contributed by atoms with van der Waals surface area (Å²) in [5.41, 5.74) is 5.86. The molecule has 5 nitrogen and oxygen atoms in total. The van der Waals surface area contributed by atoms with Crippen LogP contribution in [0.25, 0.3) is 0 Å². The first-order valence-electron chi connectivity index (χ1n) is 5.24. The van der Waals surface area contributed by atoms with Crippen LogP contribution in [0.15, 0.2) is 12.1 Å². The van der Waals surface area contributed by atoms with Crippen molar-refractivity contribution in [1.82, 2.24) is 4.98 Å². The van der Waals surface area contributed by atoms with Crippen molar-refractivity contribution in [2.75, 3.05) is 4.90 Å². The molecule has 0 aliphatic rings. The zero-order chi connectivity index (χ0) is 13.9. The summed E-state index contributed by atoms with van der Waals surface area (Å²) in [7, 11) is 0. The highest BCUT2D eigenvalue weighted by Crippen LogP contribution is 2.27. The number of hydrogen-bond acceptors (Lipinski definition) is 4. The molecule has 1 unspecified atom stereocenters. The summed E-state index contributed by atoms with van der Waals surface area (Å²) in [6.45, 7) is 3.10. The molecule has 2 atom stereocenters. The predicted octanol–water partition coefficient (Wildman–Crippen LogP) is 1.66. The summed E-state index contributed by atoms with van der Waals surface area (Å²) in [5.74, 6) is -0.416. The Bertz CT molecular complexity index is 466. The van der Waals surface area contributed by atoms with Crippen LogP contribution in [0.5, 0.6) is 0 Å². The Kier molecular flexibility index (Phi) is 5.07. The number of pyridine rings is 1. The number of hydrogen-bond donors (Lipinski definition) is 1. The summed E-state index contributed by atoms with van der Waals surface area (Å²) in [5, 5.41) is 0.251. The molecular formula is C11H13Cl2N3O2. The van der Waals surface area contributed by atoms with Crippen molar-refractivity contribution in [3.05, 3.63) is 22.4 Å². The molecule has 1 aromatic rings. The number of carbonyl (C=O) groups is 2. The highest BCUT2D eigenvalue weighted by atomic mass is 35.5. The van der Waals surface area contributed by atoms with Gasteiger partial charge in [0.1, 0.15) is 11.4 Å². The van der Waals surface area contributed by atoms with Crippen LogP contribution in [-0.4, -0.2) is 29.3 Å². The van der Waals surface area contributed by atoms with E-state index in [2.05, 4.69) is 4.98 Å². The van der Waals surface area contributed by atoms with Gasteiger partial charge in [-0.1, -0.05) is 23.2 Å². The summed E-state index contributed by atoms with van der Waals surface area (Å²) in [4.78, 5) is 27.9. The minimum Gasteiger partial charge on any atom is -0.320 e. The zero-order valence-electron chi connectivity index (χ0n) is 9.93. The number of nitrogens with two attached hydrogens (primary N) is 1. The second-order valence-electron chi connectivity index (χ2n) is 3.82. The van der Waals surface area contributed by atoms with Gasteiger partial charge in [0.25, 0.3) is 0 Å². The average Bonchev–Trinajstić information content (AvgIpc) is 2.31. The monoisotopic (exact) mass is 289 g/mol. The Morgan fingerprint density at radius 3 is 2.50 bits per heavy atom. The van der Waals surface area contributed by atoms with E-state index in [0.29, 0.717) is 12.0 Å².